The fraction of sp³-hybridized carbons (Fsp3) is 0.429. The molecule has 0 saturated carbocycles. The van der Waals surface area contributed by atoms with E-state index in [1.54, 1.807) is 21.3 Å². The van der Waals surface area contributed by atoms with Gasteiger partial charge in [0.1, 0.15) is 17.2 Å². The minimum atomic E-state index is -0.795. The van der Waals surface area contributed by atoms with Gasteiger partial charge >= 0.3 is 0 Å². The van der Waals surface area contributed by atoms with E-state index in [1.807, 2.05) is 37.3 Å². The SMILES string of the molecule is COc1ccc([C@@H]2c3cc4c(cc3OC(C)(OC)[C@H]2C)OCO4)c(OC)c1. The third-order valence-corrected chi connectivity index (χ3v) is 5.66. The Balaban J connectivity index is 1.91. The van der Waals surface area contributed by atoms with Crippen LogP contribution >= 0.6 is 0 Å². The predicted octanol–water partition coefficient (Wildman–Crippen LogP) is 3.96. The lowest BCUT2D eigenvalue weighted by Crippen LogP contribution is -2.47. The smallest absolute Gasteiger partial charge is 0.231 e. The molecule has 2 aromatic rings. The van der Waals surface area contributed by atoms with E-state index in [1.165, 1.54) is 0 Å². The molecule has 4 rings (SSSR count). The Morgan fingerprint density at radius 2 is 1.67 bits per heavy atom. The molecule has 2 aliphatic heterocycles. The second-order valence-corrected chi connectivity index (χ2v) is 6.94. The van der Waals surface area contributed by atoms with Crippen LogP contribution in [0.3, 0.4) is 0 Å². The molecule has 27 heavy (non-hydrogen) atoms. The van der Waals surface area contributed by atoms with Crippen molar-refractivity contribution in [1.82, 2.24) is 0 Å². The zero-order valence-corrected chi connectivity index (χ0v) is 16.2. The van der Waals surface area contributed by atoms with Crippen molar-refractivity contribution in [2.24, 2.45) is 5.92 Å². The molecule has 0 fully saturated rings. The van der Waals surface area contributed by atoms with Gasteiger partial charge in [0.15, 0.2) is 11.5 Å². The Morgan fingerprint density at radius 1 is 0.926 bits per heavy atom. The van der Waals surface area contributed by atoms with E-state index in [2.05, 4.69) is 6.92 Å². The van der Waals surface area contributed by atoms with Gasteiger partial charge in [-0.1, -0.05) is 13.0 Å². The van der Waals surface area contributed by atoms with Gasteiger partial charge in [-0.2, -0.15) is 0 Å². The molecule has 3 atom stereocenters. The number of fused-ring (bicyclic) bond motifs is 2. The molecule has 0 bridgehead atoms. The highest BCUT2D eigenvalue weighted by Crippen LogP contribution is 2.53. The lowest BCUT2D eigenvalue weighted by molar-refractivity contribution is -0.194. The lowest BCUT2D eigenvalue weighted by atomic mass is 9.75. The molecule has 2 heterocycles. The molecule has 0 spiro atoms. The average molecular weight is 372 g/mol. The van der Waals surface area contributed by atoms with E-state index in [-0.39, 0.29) is 18.6 Å². The van der Waals surface area contributed by atoms with E-state index >= 15 is 0 Å². The highest BCUT2D eigenvalue weighted by atomic mass is 16.7. The average Bonchev–Trinajstić information content (AvgIpc) is 3.14. The summed E-state index contributed by atoms with van der Waals surface area (Å²) in [6, 6.07) is 9.75. The third kappa shape index (κ3) is 2.75. The van der Waals surface area contributed by atoms with Crippen LogP contribution in [0.5, 0.6) is 28.7 Å². The van der Waals surface area contributed by atoms with Crippen molar-refractivity contribution in [2.45, 2.75) is 25.6 Å². The Kier molecular flexibility index (Phi) is 4.30. The molecule has 1 unspecified atom stereocenters. The molecule has 144 valence electrons. The fourth-order valence-electron chi connectivity index (χ4n) is 3.89. The summed E-state index contributed by atoms with van der Waals surface area (Å²) >= 11 is 0. The molecule has 0 N–H and O–H groups in total. The molecular formula is C21H24O6. The van der Waals surface area contributed by atoms with Gasteiger partial charge in [0, 0.05) is 49.1 Å². The zero-order chi connectivity index (χ0) is 19.2. The van der Waals surface area contributed by atoms with Gasteiger partial charge in [0.25, 0.3) is 0 Å². The number of rotatable bonds is 4. The Morgan fingerprint density at radius 3 is 2.33 bits per heavy atom. The van der Waals surface area contributed by atoms with Crippen LogP contribution in [0.4, 0.5) is 0 Å². The molecule has 0 saturated heterocycles. The van der Waals surface area contributed by atoms with Crippen molar-refractivity contribution in [2.75, 3.05) is 28.1 Å². The number of hydrogen-bond donors (Lipinski definition) is 0. The monoisotopic (exact) mass is 372 g/mol. The second kappa shape index (κ2) is 6.53. The van der Waals surface area contributed by atoms with Gasteiger partial charge < -0.3 is 28.4 Å². The predicted molar refractivity (Wildman–Crippen MR) is 99.2 cm³/mol. The minimum absolute atomic E-state index is 0.0117. The molecule has 0 radical (unpaired) electrons. The van der Waals surface area contributed by atoms with Gasteiger partial charge in [0.05, 0.1) is 14.2 Å². The van der Waals surface area contributed by atoms with Crippen molar-refractivity contribution >= 4 is 0 Å². The van der Waals surface area contributed by atoms with Gasteiger partial charge in [-0.05, 0) is 12.1 Å². The number of benzene rings is 2. The number of methoxy groups -OCH3 is 3. The third-order valence-electron chi connectivity index (χ3n) is 5.66. The largest absolute Gasteiger partial charge is 0.497 e. The first kappa shape index (κ1) is 17.8. The van der Waals surface area contributed by atoms with Crippen molar-refractivity contribution in [3.05, 3.63) is 41.5 Å². The van der Waals surface area contributed by atoms with E-state index in [4.69, 9.17) is 28.4 Å². The van der Waals surface area contributed by atoms with Crippen LogP contribution in [0.15, 0.2) is 30.3 Å². The molecule has 0 aliphatic carbocycles. The van der Waals surface area contributed by atoms with E-state index < -0.39 is 5.79 Å². The van der Waals surface area contributed by atoms with Gasteiger partial charge in [-0.3, -0.25) is 0 Å². The molecule has 0 amide bonds. The van der Waals surface area contributed by atoms with Crippen molar-refractivity contribution in [1.29, 1.82) is 0 Å². The standard InChI is InChI=1S/C21H24O6/c1-12-20(14-7-6-13(22-3)8-16(14)23-4)15-9-18-19(26-11-25-18)10-17(15)27-21(12,2)24-5/h6-10,12,20H,11H2,1-5H3/t12-,20+,21?/m0/s1. The van der Waals surface area contributed by atoms with Crippen LogP contribution in [0.2, 0.25) is 0 Å². The summed E-state index contributed by atoms with van der Waals surface area (Å²) in [5.41, 5.74) is 2.06. The Bertz CT molecular complexity index is 864. The van der Waals surface area contributed by atoms with Crippen molar-refractivity contribution in [3.63, 3.8) is 0 Å². The summed E-state index contributed by atoms with van der Waals surface area (Å²) in [7, 11) is 4.97. The molecule has 2 aliphatic rings. The summed E-state index contributed by atoms with van der Waals surface area (Å²) in [5, 5.41) is 0. The summed E-state index contributed by atoms with van der Waals surface area (Å²) in [5.74, 6) is 2.84. The van der Waals surface area contributed by atoms with Crippen LogP contribution in [-0.2, 0) is 4.74 Å². The molecular weight excluding hydrogens is 348 g/mol. The quantitative estimate of drug-likeness (QED) is 0.810. The zero-order valence-electron chi connectivity index (χ0n) is 16.2. The van der Waals surface area contributed by atoms with Crippen molar-refractivity contribution in [3.8, 4) is 28.7 Å². The maximum Gasteiger partial charge on any atom is 0.231 e. The first-order valence-corrected chi connectivity index (χ1v) is 8.90. The van der Waals surface area contributed by atoms with E-state index in [0.717, 1.165) is 34.1 Å². The maximum atomic E-state index is 6.25. The topological polar surface area (TPSA) is 55.4 Å². The number of hydrogen-bond acceptors (Lipinski definition) is 6. The van der Waals surface area contributed by atoms with Crippen LogP contribution in [-0.4, -0.2) is 33.9 Å². The van der Waals surface area contributed by atoms with E-state index in [9.17, 15) is 0 Å². The van der Waals surface area contributed by atoms with Crippen LogP contribution in [0.25, 0.3) is 0 Å². The highest BCUT2D eigenvalue weighted by molar-refractivity contribution is 5.58. The van der Waals surface area contributed by atoms with E-state index in [0.29, 0.717) is 5.75 Å². The minimum Gasteiger partial charge on any atom is -0.497 e. The van der Waals surface area contributed by atoms with Gasteiger partial charge in [-0.15, -0.1) is 0 Å². The summed E-state index contributed by atoms with van der Waals surface area (Å²) < 4.78 is 34.2. The first-order chi connectivity index (χ1) is 13.0. The summed E-state index contributed by atoms with van der Waals surface area (Å²) in [6.45, 7) is 4.28. The maximum absolute atomic E-state index is 6.25. The lowest BCUT2D eigenvalue weighted by Gasteiger charge is -2.44. The number of ether oxygens (including phenoxy) is 6. The van der Waals surface area contributed by atoms with Crippen molar-refractivity contribution < 1.29 is 28.4 Å². The second-order valence-electron chi connectivity index (χ2n) is 6.94. The van der Waals surface area contributed by atoms with Gasteiger partial charge in [-0.25, -0.2) is 0 Å². The summed E-state index contributed by atoms with van der Waals surface area (Å²) in [4.78, 5) is 0. The Labute approximate surface area is 158 Å². The fourth-order valence-corrected chi connectivity index (χ4v) is 3.89. The highest BCUT2D eigenvalue weighted by Gasteiger charge is 2.47. The molecule has 2 aromatic carbocycles. The Hall–Kier alpha value is -2.60. The van der Waals surface area contributed by atoms with Crippen LogP contribution in [0.1, 0.15) is 30.9 Å². The van der Waals surface area contributed by atoms with Gasteiger partial charge in [0.2, 0.25) is 12.6 Å². The molecule has 0 aromatic heterocycles. The normalized spacial score (nSPS) is 25.5. The molecule has 6 heteroatoms. The van der Waals surface area contributed by atoms with Crippen LogP contribution < -0.4 is 23.7 Å². The first-order valence-electron chi connectivity index (χ1n) is 8.90. The summed E-state index contributed by atoms with van der Waals surface area (Å²) in [6.07, 6.45) is 0. The van der Waals surface area contributed by atoms with Crippen LogP contribution in [0, 0.1) is 5.92 Å². The molecule has 6 nitrogen and oxygen atoms in total.